The maximum Gasteiger partial charge on any atom is 0.270 e. The first kappa shape index (κ1) is 18.9. The molecular weight excluding hydrogens is 384 g/mol. The van der Waals surface area contributed by atoms with Gasteiger partial charge in [0.1, 0.15) is 5.69 Å². The second-order valence-electron chi connectivity index (χ2n) is 6.68. The molecule has 0 fully saturated rings. The van der Waals surface area contributed by atoms with E-state index in [-0.39, 0.29) is 5.91 Å². The Kier molecular flexibility index (Phi) is 5.40. The zero-order valence-electron chi connectivity index (χ0n) is 15.8. The fraction of sp³-hybridized carbons (Fsp3) is 0.0870. The van der Waals surface area contributed by atoms with Gasteiger partial charge in [-0.1, -0.05) is 41.9 Å². The van der Waals surface area contributed by atoms with E-state index in [1.165, 1.54) is 0 Å². The molecule has 4 rings (SSSR count). The van der Waals surface area contributed by atoms with Crippen LogP contribution in [0.3, 0.4) is 0 Å². The fourth-order valence-electron chi connectivity index (χ4n) is 3.07. The molecule has 0 aliphatic carbocycles. The number of benzene rings is 2. The number of nitrogens with one attached hydrogen (secondary N) is 1. The highest BCUT2D eigenvalue weighted by Gasteiger charge is 2.18. The maximum absolute atomic E-state index is 13.0. The number of pyridine rings is 1. The Morgan fingerprint density at radius 1 is 1.03 bits per heavy atom. The predicted molar refractivity (Wildman–Crippen MR) is 114 cm³/mol. The molecule has 0 unspecified atom stereocenters. The molecule has 5 nitrogen and oxygen atoms in total. The number of carbonyl (C=O) groups is 1. The summed E-state index contributed by atoms with van der Waals surface area (Å²) < 4.78 is 1.66. The van der Waals surface area contributed by atoms with E-state index in [2.05, 4.69) is 10.3 Å². The number of hydrogen-bond donors (Lipinski definition) is 1. The van der Waals surface area contributed by atoms with Crippen LogP contribution in [0.2, 0.25) is 5.02 Å². The summed E-state index contributed by atoms with van der Waals surface area (Å²) in [6.45, 7) is 2.41. The van der Waals surface area contributed by atoms with Crippen LogP contribution < -0.4 is 5.32 Å². The van der Waals surface area contributed by atoms with Crippen molar-refractivity contribution in [3.8, 4) is 16.9 Å². The van der Waals surface area contributed by atoms with Gasteiger partial charge < -0.3 is 5.32 Å². The Morgan fingerprint density at radius 2 is 1.83 bits per heavy atom. The molecule has 1 N–H and O–H groups in total. The van der Waals surface area contributed by atoms with Crippen molar-refractivity contribution in [3.05, 3.63) is 101 Å². The number of aryl methyl sites for hydroxylation is 1. The Hall–Kier alpha value is -3.44. The third-order valence-corrected chi connectivity index (χ3v) is 4.87. The lowest BCUT2D eigenvalue weighted by molar-refractivity contribution is 0.0943. The quantitative estimate of drug-likeness (QED) is 0.520. The molecular formula is C23H19ClN4O. The van der Waals surface area contributed by atoms with Crippen LogP contribution in [-0.2, 0) is 6.54 Å². The van der Waals surface area contributed by atoms with Crippen LogP contribution in [-0.4, -0.2) is 20.7 Å². The van der Waals surface area contributed by atoms with Crippen LogP contribution in [0.5, 0.6) is 0 Å². The molecule has 0 bridgehead atoms. The molecule has 0 aliphatic rings. The van der Waals surface area contributed by atoms with E-state index >= 15 is 0 Å². The van der Waals surface area contributed by atoms with Gasteiger partial charge in [-0.25, -0.2) is 4.68 Å². The summed E-state index contributed by atoms with van der Waals surface area (Å²) in [6, 6.07) is 20.8. The Balaban J connectivity index is 1.72. The number of rotatable bonds is 5. The molecule has 2 aromatic carbocycles. The van der Waals surface area contributed by atoms with Gasteiger partial charge in [0, 0.05) is 24.5 Å². The van der Waals surface area contributed by atoms with E-state index < -0.39 is 0 Å². The van der Waals surface area contributed by atoms with Gasteiger partial charge in [-0.05, 0) is 54.4 Å². The van der Waals surface area contributed by atoms with Gasteiger partial charge in [-0.15, -0.1) is 0 Å². The van der Waals surface area contributed by atoms with Crippen LogP contribution >= 0.6 is 11.6 Å². The number of amides is 1. The third kappa shape index (κ3) is 4.20. The summed E-state index contributed by atoms with van der Waals surface area (Å²) in [4.78, 5) is 17.0. The van der Waals surface area contributed by atoms with Gasteiger partial charge in [-0.3, -0.25) is 9.78 Å². The van der Waals surface area contributed by atoms with Crippen LogP contribution in [0.25, 0.3) is 16.9 Å². The minimum Gasteiger partial charge on any atom is -0.347 e. The highest BCUT2D eigenvalue weighted by atomic mass is 35.5. The average Bonchev–Trinajstić information content (AvgIpc) is 3.18. The van der Waals surface area contributed by atoms with Gasteiger partial charge in [0.05, 0.1) is 16.4 Å². The number of carbonyl (C=O) groups excluding carboxylic acids is 1. The number of hydrogen-bond acceptors (Lipinski definition) is 3. The predicted octanol–water partition coefficient (Wildman–Crippen LogP) is 4.83. The van der Waals surface area contributed by atoms with Crippen LogP contribution in [0.4, 0.5) is 0 Å². The van der Waals surface area contributed by atoms with Crippen molar-refractivity contribution in [2.45, 2.75) is 13.5 Å². The molecule has 0 radical (unpaired) electrons. The molecule has 29 heavy (non-hydrogen) atoms. The molecule has 0 saturated heterocycles. The van der Waals surface area contributed by atoms with E-state index in [1.807, 2.05) is 67.6 Å². The van der Waals surface area contributed by atoms with Crippen molar-refractivity contribution in [2.75, 3.05) is 0 Å². The number of halogens is 1. The topological polar surface area (TPSA) is 59.8 Å². The van der Waals surface area contributed by atoms with Gasteiger partial charge in [0.15, 0.2) is 0 Å². The molecule has 1 amide bonds. The van der Waals surface area contributed by atoms with Crippen molar-refractivity contribution in [1.29, 1.82) is 0 Å². The van der Waals surface area contributed by atoms with Gasteiger partial charge in [0.2, 0.25) is 0 Å². The van der Waals surface area contributed by atoms with E-state index in [0.717, 1.165) is 22.4 Å². The minimum absolute atomic E-state index is 0.214. The molecule has 4 aromatic rings. The second-order valence-corrected chi connectivity index (χ2v) is 7.09. The zero-order chi connectivity index (χ0) is 20.2. The Labute approximate surface area is 174 Å². The molecule has 2 aromatic heterocycles. The smallest absolute Gasteiger partial charge is 0.270 e. The summed E-state index contributed by atoms with van der Waals surface area (Å²) in [6.07, 6.45) is 3.40. The van der Waals surface area contributed by atoms with E-state index in [9.17, 15) is 4.79 Å². The van der Waals surface area contributed by atoms with Crippen LogP contribution in [0, 0.1) is 6.92 Å². The molecule has 0 aliphatic heterocycles. The number of aromatic nitrogens is 3. The van der Waals surface area contributed by atoms with E-state index in [4.69, 9.17) is 16.7 Å². The lowest BCUT2D eigenvalue weighted by atomic mass is 10.1. The van der Waals surface area contributed by atoms with Crippen molar-refractivity contribution >= 4 is 17.5 Å². The molecule has 144 valence electrons. The van der Waals surface area contributed by atoms with Gasteiger partial charge in [-0.2, -0.15) is 5.10 Å². The summed E-state index contributed by atoms with van der Waals surface area (Å²) in [5.41, 5.74) is 4.74. The van der Waals surface area contributed by atoms with Gasteiger partial charge >= 0.3 is 0 Å². The van der Waals surface area contributed by atoms with Crippen molar-refractivity contribution in [3.63, 3.8) is 0 Å². The normalized spacial score (nSPS) is 10.7. The van der Waals surface area contributed by atoms with E-state index in [0.29, 0.717) is 23.0 Å². The molecule has 0 spiro atoms. The molecule has 0 saturated carbocycles. The van der Waals surface area contributed by atoms with E-state index in [1.54, 1.807) is 23.1 Å². The fourth-order valence-corrected chi connectivity index (χ4v) is 3.31. The summed E-state index contributed by atoms with van der Waals surface area (Å²) in [7, 11) is 0. The monoisotopic (exact) mass is 402 g/mol. The highest BCUT2D eigenvalue weighted by Crippen LogP contribution is 2.28. The lowest BCUT2D eigenvalue weighted by Gasteiger charge is -2.09. The summed E-state index contributed by atoms with van der Waals surface area (Å²) in [5, 5.41) is 8.24. The van der Waals surface area contributed by atoms with Crippen LogP contribution in [0.15, 0.2) is 79.1 Å². The molecule has 6 heteroatoms. The SMILES string of the molecule is Cc1cccc(-n2nc(-c3ccccc3Cl)cc2C(=O)NCc2ccncc2)c1. The summed E-state index contributed by atoms with van der Waals surface area (Å²) >= 11 is 6.36. The molecule has 2 heterocycles. The zero-order valence-corrected chi connectivity index (χ0v) is 16.6. The first-order chi connectivity index (χ1) is 14.1. The largest absolute Gasteiger partial charge is 0.347 e. The van der Waals surface area contributed by atoms with Crippen molar-refractivity contribution < 1.29 is 4.79 Å². The van der Waals surface area contributed by atoms with Crippen molar-refractivity contribution in [2.24, 2.45) is 0 Å². The third-order valence-electron chi connectivity index (χ3n) is 4.54. The number of nitrogens with zero attached hydrogens (tertiary/aromatic N) is 3. The lowest BCUT2D eigenvalue weighted by Crippen LogP contribution is -2.25. The second kappa shape index (κ2) is 8.29. The first-order valence-electron chi connectivity index (χ1n) is 9.21. The Bertz CT molecular complexity index is 1150. The highest BCUT2D eigenvalue weighted by molar-refractivity contribution is 6.33. The Morgan fingerprint density at radius 3 is 2.59 bits per heavy atom. The van der Waals surface area contributed by atoms with Gasteiger partial charge in [0.25, 0.3) is 5.91 Å². The minimum atomic E-state index is -0.214. The standard InChI is InChI=1S/C23H19ClN4O/c1-16-5-4-6-18(13-16)28-22(23(29)26-15-17-9-11-25-12-10-17)14-21(27-28)19-7-2-3-8-20(19)24/h2-14H,15H2,1H3,(H,26,29). The average molecular weight is 403 g/mol. The van der Waals surface area contributed by atoms with Crippen LogP contribution in [0.1, 0.15) is 21.6 Å². The van der Waals surface area contributed by atoms with Crippen molar-refractivity contribution in [1.82, 2.24) is 20.1 Å². The summed E-state index contributed by atoms with van der Waals surface area (Å²) in [5.74, 6) is -0.214. The molecule has 0 atom stereocenters. The first-order valence-corrected chi connectivity index (χ1v) is 9.59. The maximum atomic E-state index is 13.0.